The molecule has 4 nitrogen and oxygen atoms in total. The summed E-state index contributed by atoms with van der Waals surface area (Å²) in [6.07, 6.45) is 1.43. The maximum absolute atomic E-state index is 11.8. The number of aryl methyl sites for hydroxylation is 1. The number of halogens is 1. The van der Waals surface area contributed by atoms with E-state index in [0.717, 1.165) is 11.3 Å². The molecule has 78 valence electrons. The molecule has 2 aromatic heterocycles. The Kier molecular flexibility index (Phi) is 2.28. The number of carbonyl (C=O) groups excluding carboxylic acids is 1. The van der Waals surface area contributed by atoms with E-state index >= 15 is 0 Å². The zero-order chi connectivity index (χ0) is 11.2. The third-order valence-corrected chi connectivity index (χ3v) is 3.35. The summed E-state index contributed by atoms with van der Waals surface area (Å²) in [6, 6.07) is 1.69. The summed E-state index contributed by atoms with van der Waals surface area (Å²) in [6.45, 7) is 0. The highest BCUT2D eigenvalue weighted by Gasteiger charge is 2.13. The van der Waals surface area contributed by atoms with Gasteiger partial charge in [-0.1, -0.05) is 11.6 Å². The van der Waals surface area contributed by atoms with Crippen molar-refractivity contribution in [3.63, 3.8) is 0 Å². The smallest absolute Gasteiger partial charge is 0.254 e. The largest absolute Gasteiger partial charge is 0.365 e. The standard InChI is InChI=1S/C9H7ClN2O2S/c1-12-3-4(9(11)14)7(13)8-5(12)2-6(10)15-8/h2-3H,1H3,(H2,11,14). The molecule has 6 heteroatoms. The number of carbonyl (C=O) groups is 1. The number of nitrogens with zero attached hydrogens (tertiary/aromatic N) is 1. The summed E-state index contributed by atoms with van der Waals surface area (Å²) in [5, 5.41) is 0. The van der Waals surface area contributed by atoms with Gasteiger partial charge in [-0.3, -0.25) is 9.59 Å². The van der Waals surface area contributed by atoms with Gasteiger partial charge in [-0.2, -0.15) is 0 Å². The van der Waals surface area contributed by atoms with Crippen molar-refractivity contribution in [3.05, 3.63) is 32.4 Å². The molecule has 0 spiro atoms. The van der Waals surface area contributed by atoms with Crippen LogP contribution < -0.4 is 11.2 Å². The van der Waals surface area contributed by atoms with Gasteiger partial charge >= 0.3 is 0 Å². The summed E-state index contributed by atoms with van der Waals surface area (Å²) >= 11 is 6.96. The van der Waals surface area contributed by atoms with Crippen LogP contribution in [0.5, 0.6) is 0 Å². The number of amides is 1. The summed E-state index contributed by atoms with van der Waals surface area (Å²) in [5.41, 5.74) is 5.44. The molecule has 2 rings (SSSR count). The molecular weight excluding hydrogens is 236 g/mol. The Labute approximate surface area is 93.9 Å². The molecular formula is C9H7ClN2O2S. The third-order valence-electron chi connectivity index (χ3n) is 2.10. The van der Waals surface area contributed by atoms with Crippen LogP contribution in [0.15, 0.2) is 17.1 Å². The summed E-state index contributed by atoms with van der Waals surface area (Å²) in [4.78, 5) is 22.8. The molecule has 0 unspecified atom stereocenters. The number of hydrogen-bond donors (Lipinski definition) is 1. The second kappa shape index (κ2) is 3.36. The zero-order valence-electron chi connectivity index (χ0n) is 7.78. The normalized spacial score (nSPS) is 10.8. The Morgan fingerprint density at radius 3 is 2.87 bits per heavy atom. The van der Waals surface area contributed by atoms with Crippen LogP contribution in [-0.4, -0.2) is 10.5 Å². The van der Waals surface area contributed by atoms with Crippen molar-refractivity contribution in [2.45, 2.75) is 0 Å². The van der Waals surface area contributed by atoms with Crippen LogP contribution in [0.25, 0.3) is 10.2 Å². The lowest BCUT2D eigenvalue weighted by molar-refractivity contribution is 0.0999. The minimum absolute atomic E-state index is 0.0106. The van der Waals surface area contributed by atoms with E-state index in [0.29, 0.717) is 14.6 Å². The van der Waals surface area contributed by atoms with Crippen molar-refractivity contribution in [1.29, 1.82) is 0 Å². The molecule has 0 atom stereocenters. The van der Waals surface area contributed by atoms with Gasteiger partial charge in [0.2, 0.25) is 5.43 Å². The van der Waals surface area contributed by atoms with Crippen LogP contribution in [0.3, 0.4) is 0 Å². The molecule has 2 aromatic rings. The highest BCUT2D eigenvalue weighted by atomic mass is 35.5. The van der Waals surface area contributed by atoms with Gasteiger partial charge in [0.25, 0.3) is 5.91 Å². The summed E-state index contributed by atoms with van der Waals surface area (Å²) in [7, 11) is 1.73. The quantitative estimate of drug-likeness (QED) is 0.821. The van der Waals surface area contributed by atoms with Gasteiger partial charge in [-0.25, -0.2) is 0 Å². The van der Waals surface area contributed by atoms with Gasteiger partial charge < -0.3 is 10.3 Å². The van der Waals surface area contributed by atoms with E-state index in [1.165, 1.54) is 6.20 Å². The number of aromatic nitrogens is 1. The molecule has 0 fully saturated rings. The van der Waals surface area contributed by atoms with Crippen molar-refractivity contribution < 1.29 is 4.79 Å². The average Bonchev–Trinajstić information content (AvgIpc) is 2.53. The molecule has 1 amide bonds. The van der Waals surface area contributed by atoms with Crippen LogP contribution in [0, 0.1) is 0 Å². The number of primary amides is 1. The number of fused-ring (bicyclic) bond motifs is 1. The van der Waals surface area contributed by atoms with Gasteiger partial charge in [0, 0.05) is 13.2 Å². The lowest BCUT2D eigenvalue weighted by Gasteiger charge is -2.02. The first-order chi connectivity index (χ1) is 7.00. The molecule has 0 bridgehead atoms. The van der Waals surface area contributed by atoms with Gasteiger partial charge in [0.05, 0.1) is 9.85 Å². The van der Waals surface area contributed by atoms with Crippen molar-refractivity contribution in [2.24, 2.45) is 12.8 Å². The molecule has 0 saturated heterocycles. The van der Waals surface area contributed by atoms with Gasteiger partial charge in [-0.05, 0) is 6.07 Å². The van der Waals surface area contributed by atoms with Crippen LogP contribution in [0.4, 0.5) is 0 Å². The fourth-order valence-electron chi connectivity index (χ4n) is 1.40. The average molecular weight is 243 g/mol. The first-order valence-corrected chi connectivity index (χ1v) is 5.28. The molecule has 0 aliphatic rings. The molecule has 15 heavy (non-hydrogen) atoms. The maximum atomic E-state index is 11.8. The van der Waals surface area contributed by atoms with Gasteiger partial charge in [0.15, 0.2) is 0 Å². The predicted molar refractivity (Wildman–Crippen MR) is 60.6 cm³/mol. The second-order valence-electron chi connectivity index (χ2n) is 3.11. The van der Waals surface area contributed by atoms with Crippen molar-refractivity contribution >= 4 is 39.1 Å². The van der Waals surface area contributed by atoms with Crippen molar-refractivity contribution in [3.8, 4) is 0 Å². The Bertz CT molecular complexity index is 614. The Morgan fingerprint density at radius 2 is 2.27 bits per heavy atom. The van der Waals surface area contributed by atoms with E-state index in [4.69, 9.17) is 17.3 Å². The van der Waals surface area contributed by atoms with Crippen LogP contribution in [-0.2, 0) is 7.05 Å². The van der Waals surface area contributed by atoms with E-state index in [-0.39, 0.29) is 11.0 Å². The molecule has 2 heterocycles. The van der Waals surface area contributed by atoms with Crippen molar-refractivity contribution in [1.82, 2.24) is 4.57 Å². The monoisotopic (exact) mass is 242 g/mol. The van der Waals surface area contributed by atoms with E-state index in [9.17, 15) is 9.59 Å². The lowest BCUT2D eigenvalue weighted by Crippen LogP contribution is -2.22. The highest BCUT2D eigenvalue weighted by Crippen LogP contribution is 2.26. The first-order valence-electron chi connectivity index (χ1n) is 4.09. The van der Waals surface area contributed by atoms with Crippen LogP contribution >= 0.6 is 22.9 Å². The summed E-state index contributed by atoms with van der Waals surface area (Å²) in [5.74, 6) is -0.720. The molecule has 0 aliphatic heterocycles. The highest BCUT2D eigenvalue weighted by molar-refractivity contribution is 7.22. The molecule has 0 saturated carbocycles. The first kappa shape index (κ1) is 10.2. The van der Waals surface area contributed by atoms with E-state index < -0.39 is 5.91 Å². The number of thiophene rings is 1. The zero-order valence-corrected chi connectivity index (χ0v) is 9.35. The minimum Gasteiger partial charge on any atom is -0.365 e. The molecule has 0 aromatic carbocycles. The Hall–Kier alpha value is -1.33. The van der Waals surface area contributed by atoms with Gasteiger partial charge in [-0.15, -0.1) is 11.3 Å². The van der Waals surface area contributed by atoms with Crippen LogP contribution in [0.1, 0.15) is 10.4 Å². The molecule has 0 aliphatic carbocycles. The summed E-state index contributed by atoms with van der Waals surface area (Å²) < 4.78 is 2.64. The number of rotatable bonds is 1. The van der Waals surface area contributed by atoms with E-state index in [2.05, 4.69) is 0 Å². The van der Waals surface area contributed by atoms with Crippen LogP contribution in [0.2, 0.25) is 4.34 Å². The predicted octanol–water partition coefficient (Wildman–Crippen LogP) is 1.35. The molecule has 2 N–H and O–H groups in total. The number of nitrogens with two attached hydrogens (primary N) is 1. The second-order valence-corrected chi connectivity index (χ2v) is 4.80. The minimum atomic E-state index is -0.720. The van der Waals surface area contributed by atoms with E-state index in [1.807, 2.05) is 0 Å². The van der Waals surface area contributed by atoms with Gasteiger partial charge in [0.1, 0.15) is 10.3 Å². The fourth-order valence-corrected chi connectivity index (χ4v) is 2.61. The van der Waals surface area contributed by atoms with Crippen molar-refractivity contribution in [2.75, 3.05) is 0 Å². The fraction of sp³-hybridized carbons (Fsp3) is 0.111. The number of pyridine rings is 1. The lowest BCUT2D eigenvalue weighted by atomic mass is 10.2. The Morgan fingerprint density at radius 1 is 1.60 bits per heavy atom. The maximum Gasteiger partial charge on any atom is 0.254 e. The Balaban J connectivity index is 2.96. The van der Waals surface area contributed by atoms with E-state index in [1.54, 1.807) is 17.7 Å². The topological polar surface area (TPSA) is 65.1 Å². The third kappa shape index (κ3) is 1.53. The number of hydrogen-bond acceptors (Lipinski definition) is 3. The SMILES string of the molecule is Cn1cc(C(N)=O)c(=O)c2sc(Cl)cc21. The molecule has 0 radical (unpaired) electrons.